The third-order valence-corrected chi connectivity index (χ3v) is 4.87. The average Bonchev–Trinajstić information content (AvgIpc) is 3.23. The second-order valence-corrected chi connectivity index (χ2v) is 7.50. The molecule has 3 aromatic rings. The number of nitrogens with zero attached hydrogens (tertiary/aromatic N) is 2. The van der Waals surface area contributed by atoms with E-state index in [2.05, 4.69) is 15.7 Å². The monoisotopic (exact) mass is 436 g/mol. The van der Waals surface area contributed by atoms with E-state index in [1.54, 1.807) is 38.8 Å². The van der Waals surface area contributed by atoms with Crippen molar-refractivity contribution in [2.75, 3.05) is 26.1 Å². The van der Waals surface area contributed by atoms with Crippen LogP contribution in [0.15, 0.2) is 54.6 Å². The summed E-state index contributed by atoms with van der Waals surface area (Å²) in [5.74, 6) is 1.07. The Bertz CT molecular complexity index is 1080. The van der Waals surface area contributed by atoms with Crippen LogP contribution < -0.4 is 20.1 Å². The molecule has 1 aromatic heterocycles. The van der Waals surface area contributed by atoms with Crippen molar-refractivity contribution < 1.29 is 19.1 Å². The molecule has 0 aliphatic carbocycles. The lowest BCUT2D eigenvalue weighted by molar-refractivity contribution is -0.118. The Morgan fingerprint density at radius 3 is 2.38 bits per heavy atom. The van der Waals surface area contributed by atoms with E-state index in [-0.39, 0.29) is 23.4 Å². The molecule has 1 heterocycles. The van der Waals surface area contributed by atoms with Gasteiger partial charge in [-0.1, -0.05) is 38.1 Å². The number of hydrogen-bond acceptors (Lipinski definition) is 5. The molecule has 168 valence electrons. The highest BCUT2D eigenvalue weighted by atomic mass is 16.5. The Hall–Kier alpha value is -3.81. The molecule has 0 bridgehead atoms. The standard InChI is InChI=1S/C24H28N4O4/c1-16(2)23(29)26-22-15-19(27-28(22)18-8-6-5-7-9-18)24(30)25-13-12-17-10-11-20(31-3)21(14-17)32-4/h5-11,14-16H,12-13H2,1-4H3,(H,25,30)(H,26,29). The molecule has 0 saturated heterocycles. The molecule has 0 radical (unpaired) electrons. The van der Waals surface area contributed by atoms with Crippen LogP contribution >= 0.6 is 0 Å². The van der Waals surface area contributed by atoms with Crippen LogP contribution in [-0.4, -0.2) is 42.4 Å². The lowest BCUT2D eigenvalue weighted by Crippen LogP contribution is -2.26. The summed E-state index contributed by atoms with van der Waals surface area (Å²) >= 11 is 0. The van der Waals surface area contributed by atoms with E-state index in [0.717, 1.165) is 11.3 Å². The minimum atomic E-state index is -0.319. The zero-order valence-corrected chi connectivity index (χ0v) is 18.7. The van der Waals surface area contributed by atoms with Crippen molar-refractivity contribution in [1.29, 1.82) is 0 Å². The van der Waals surface area contributed by atoms with E-state index in [0.29, 0.717) is 30.3 Å². The van der Waals surface area contributed by atoms with E-state index >= 15 is 0 Å². The van der Waals surface area contributed by atoms with Crippen LogP contribution in [0.1, 0.15) is 29.9 Å². The number of hydrogen-bond donors (Lipinski definition) is 2. The second-order valence-electron chi connectivity index (χ2n) is 7.50. The van der Waals surface area contributed by atoms with E-state index in [1.165, 1.54) is 0 Å². The summed E-state index contributed by atoms with van der Waals surface area (Å²) in [7, 11) is 3.17. The first-order chi connectivity index (χ1) is 15.4. The molecule has 3 rings (SSSR count). The molecule has 0 fully saturated rings. The zero-order valence-electron chi connectivity index (χ0n) is 18.7. The first-order valence-corrected chi connectivity index (χ1v) is 10.4. The molecule has 32 heavy (non-hydrogen) atoms. The number of amides is 2. The van der Waals surface area contributed by atoms with E-state index in [1.807, 2.05) is 48.5 Å². The molecule has 0 saturated carbocycles. The molecule has 0 unspecified atom stereocenters. The summed E-state index contributed by atoms with van der Waals surface area (Å²) in [6.45, 7) is 4.03. The first-order valence-electron chi connectivity index (χ1n) is 10.4. The molecule has 8 nitrogen and oxygen atoms in total. The highest BCUT2D eigenvalue weighted by Gasteiger charge is 2.18. The van der Waals surface area contributed by atoms with E-state index < -0.39 is 0 Å². The third-order valence-electron chi connectivity index (χ3n) is 4.87. The van der Waals surface area contributed by atoms with Crippen LogP contribution in [0, 0.1) is 5.92 Å². The maximum atomic E-state index is 12.7. The SMILES string of the molecule is COc1ccc(CCNC(=O)c2cc(NC(=O)C(C)C)n(-c3ccccc3)n2)cc1OC. The molecule has 0 spiro atoms. The summed E-state index contributed by atoms with van der Waals surface area (Å²) < 4.78 is 12.1. The Morgan fingerprint density at radius 1 is 1.00 bits per heavy atom. The van der Waals surface area contributed by atoms with Gasteiger partial charge in [-0.25, -0.2) is 4.68 Å². The minimum absolute atomic E-state index is 0.150. The Labute approximate surface area is 187 Å². The number of methoxy groups -OCH3 is 2. The summed E-state index contributed by atoms with van der Waals surface area (Å²) in [5, 5.41) is 10.1. The van der Waals surface area contributed by atoms with Gasteiger partial charge in [-0.3, -0.25) is 9.59 Å². The predicted molar refractivity (Wildman–Crippen MR) is 123 cm³/mol. The third kappa shape index (κ3) is 5.46. The van der Waals surface area contributed by atoms with E-state index in [9.17, 15) is 9.59 Å². The zero-order chi connectivity index (χ0) is 23.1. The lowest BCUT2D eigenvalue weighted by atomic mass is 10.1. The van der Waals surface area contributed by atoms with Crippen LogP contribution in [0.3, 0.4) is 0 Å². The number of rotatable bonds is 9. The average molecular weight is 437 g/mol. The van der Waals surface area contributed by atoms with Crippen LogP contribution in [0.4, 0.5) is 5.82 Å². The Morgan fingerprint density at radius 2 is 1.72 bits per heavy atom. The first kappa shape index (κ1) is 22.9. The number of nitrogens with one attached hydrogen (secondary N) is 2. The lowest BCUT2D eigenvalue weighted by Gasteiger charge is -2.10. The maximum absolute atomic E-state index is 12.7. The van der Waals surface area contributed by atoms with Crippen molar-refractivity contribution in [2.24, 2.45) is 5.92 Å². The number of anilines is 1. The Kier molecular flexibility index (Phi) is 7.49. The molecule has 0 aliphatic rings. The van der Waals surface area contributed by atoms with Gasteiger partial charge < -0.3 is 20.1 Å². The van der Waals surface area contributed by atoms with Crippen LogP contribution in [0.25, 0.3) is 5.69 Å². The van der Waals surface area contributed by atoms with E-state index in [4.69, 9.17) is 9.47 Å². The Balaban J connectivity index is 1.72. The van der Waals surface area contributed by atoms with Gasteiger partial charge in [-0.15, -0.1) is 0 Å². The fraction of sp³-hybridized carbons (Fsp3) is 0.292. The fourth-order valence-electron chi connectivity index (χ4n) is 3.06. The highest BCUT2D eigenvalue weighted by Crippen LogP contribution is 2.27. The molecule has 0 aliphatic heterocycles. The summed E-state index contributed by atoms with van der Waals surface area (Å²) in [5.41, 5.74) is 1.97. The van der Waals surface area contributed by atoms with Gasteiger partial charge in [-0.05, 0) is 36.2 Å². The van der Waals surface area contributed by atoms with Crippen molar-refractivity contribution in [3.8, 4) is 17.2 Å². The quantitative estimate of drug-likeness (QED) is 0.536. The molecular formula is C24H28N4O4. The van der Waals surface area contributed by atoms with Gasteiger partial charge in [-0.2, -0.15) is 5.10 Å². The van der Waals surface area contributed by atoms with Gasteiger partial charge in [0.05, 0.1) is 19.9 Å². The summed E-state index contributed by atoms with van der Waals surface area (Å²) in [6.07, 6.45) is 0.614. The van der Waals surface area contributed by atoms with Crippen molar-refractivity contribution in [3.05, 3.63) is 65.9 Å². The second kappa shape index (κ2) is 10.5. The van der Waals surface area contributed by atoms with Gasteiger partial charge in [0.1, 0.15) is 5.82 Å². The smallest absolute Gasteiger partial charge is 0.271 e. The molecule has 2 amide bonds. The van der Waals surface area contributed by atoms with Crippen molar-refractivity contribution in [3.63, 3.8) is 0 Å². The normalized spacial score (nSPS) is 10.7. The summed E-state index contributed by atoms with van der Waals surface area (Å²) in [4.78, 5) is 25.0. The molecular weight excluding hydrogens is 408 g/mol. The number of para-hydroxylation sites is 1. The van der Waals surface area contributed by atoms with Gasteiger partial charge in [0.2, 0.25) is 5.91 Å². The largest absolute Gasteiger partial charge is 0.493 e. The van der Waals surface area contributed by atoms with Crippen LogP contribution in [0.5, 0.6) is 11.5 Å². The minimum Gasteiger partial charge on any atom is -0.493 e. The molecule has 0 atom stereocenters. The molecule has 2 aromatic carbocycles. The fourth-order valence-corrected chi connectivity index (χ4v) is 3.06. The van der Waals surface area contributed by atoms with Crippen molar-refractivity contribution in [1.82, 2.24) is 15.1 Å². The topological polar surface area (TPSA) is 94.5 Å². The number of carbonyl (C=O) groups excluding carboxylic acids is 2. The van der Waals surface area contributed by atoms with Crippen molar-refractivity contribution in [2.45, 2.75) is 20.3 Å². The van der Waals surface area contributed by atoms with Crippen molar-refractivity contribution >= 4 is 17.6 Å². The number of ether oxygens (including phenoxy) is 2. The van der Waals surface area contributed by atoms with Gasteiger partial charge >= 0.3 is 0 Å². The highest BCUT2D eigenvalue weighted by molar-refractivity contribution is 5.96. The number of benzene rings is 2. The maximum Gasteiger partial charge on any atom is 0.271 e. The number of carbonyl (C=O) groups is 2. The molecule has 8 heteroatoms. The molecule has 2 N–H and O–H groups in total. The van der Waals surface area contributed by atoms with Crippen LogP contribution in [0.2, 0.25) is 0 Å². The predicted octanol–water partition coefficient (Wildman–Crippen LogP) is 3.46. The van der Waals surface area contributed by atoms with Gasteiger partial charge in [0.25, 0.3) is 5.91 Å². The van der Waals surface area contributed by atoms with Gasteiger partial charge in [0, 0.05) is 18.5 Å². The number of aromatic nitrogens is 2. The van der Waals surface area contributed by atoms with Crippen LogP contribution in [-0.2, 0) is 11.2 Å². The van der Waals surface area contributed by atoms with Gasteiger partial charge in [0.15, 0.2) is 17.2 Å². The summed E-state index contributed by atoms with van der Waals surface area (Å²) in [6, 6.07) is 16.6.